The summed E-state index contributed by atoms with van der Waals surface area (Å²) in [6.45, 7) is 0.901. The molecule has 8 heteroatoms. The van der Waals surface area contributed by atoms with E-state index >= 15 is 0 Å². The monoisotopic (exact) mass is 520 g/mol. The van der Waals surface area contributed by atoms with Crippen molar-refractivity contribution >= 4 is 73.7 Å². The second-order valence-electron chi connectivity index (χ2n) is 8.72. The second-order valence-corrected chi connectivity index (χ2v) is 10.4. The Labute approximate surface area is 219 Å². The number of nitrogens with zero attached hydrogens (tertiary/aromatic N) is 1. The molecular formula is C28H28N2O4S2. The van der Waals surface area contributed by atoms with Crippen molar-refractivity contribution < 1.29 is 19.5 Å². The molecule has 1 aliphatic rings. The summed E-state index contributed by atoms with van der Waals surface area (Å²) >= 11 is 6.86. The summed E-state index contributed by atoms with van der Waals surface area (Å²) in [5.74, 6) is -1.00. The van der Waals surface area contributed by atoms with Crippen molar-refractivity contribution in [2.75, 3.05) is 13.1 Å². The van der Waals surface area contributed by atoms with Crippen molar-refractivity contribution in [3.05, 3.63) is 65.1 Å². The molecule has 1 heterocycles. The van der Waals surface area contributed by atoms with Gasteiger partial charge in [-0.3, -0.25) is 19.3 Å². The molecule has 2 N–H and O–H groups in total. The molecule has 0 unspecified atom stereocenters. The number of carbonyl (C=O) groups is 3. The Morgan fingerprint density at radius 3 is 2.28 bits per heavy atom. The number of unbranched alkanes of at least 4 members (excludes halogenated alkanes) is 2. The number of nitrogens with one attached hydrogen (secondary N) is 1. The lowest BCUT2D eigenvalue weighted by molar-refractivity contribution is -0.137. The van der Waals surface area contributed by atoms with E-state index in [1.807, 2.05) is 30.3 Å². The highest BCUT2D eigenvalue weighted by Crippen LogP contribution is 2.36. The van der Waals surface area contributed by atoms with Gasteiger partial charge in [0.25, 0.3) is 5.91 Å². The molecule has 0 aromatic heterocycles. The molecule has 0 bridgehead atoms. The molecule has 3 aromatic rings. The number of rotatable bonds is 11. The zero-order valence-electron chi connectivity index (χ0n) is 19.9. The minimum Gasteiger partial charge on any atom is -0.481 e. The highest BCUT2D eigenvalue weighted by atomic mass is 32.2. The van der Waals surface area contributed by atoms with E-state index in [1.165, 1.54) is 11.8 Å². The standard InChI is InChI=1S/C28H28N2O4S2/c31-25(29-15-8-14-26(32)33)13-2-1-7-16-30-27(34)24(36-28(30)35)18-23-21-11-5-3-9-19(21)17-20-10-4-6-12-22(20)23/h3-6,9-12,17-18H,1-2,7-8,13-16H2,(H,29,31)(H,32,33)/b24-18-. The maximum Gasteiger partial charge on any atom is 0.303 e. The number of aliphatic carboxylic acids is 1. The van der Waals surface area contributed by atoms with Gasteiger partial charge in [0, 0.05) is 25.9 Å². The predicted molar refractivity (Wildman–Crippen MR) is 150 cm³/mol. The van der Waals surface area contributed by atoms with Crippen LogP contribution in [0.25, 0.3) is 27.6 Å². The van der Waals surface area contributed by atoms with Gasteiger partial charge in [-0.05, 0) is 58.5 Å². The normalized spacial score (nSPS) is 14.8. The molecule has 3 aromatic carbocycles. The fourth-order valence-electron chi connectivity index (χ4n) is 4.32. The molecule has 2 amide bonds. The van der Waals surface area contributed by atoms with Crippen LogP contribution in [0.1, 0.15) is 44.1 Å². The molecule has 0 radical (unpaired) electrons. The first-order chi connectivity index (χ1) is 17.4. The first-order valence-electron chi connectivity index (χ1n) is 12.1. The number of thioether (sulfide) groups is 1. The Morgan fingerprint density at radius 1 is 0.944 bits per heavy atom. The first kappa shape index (κ1) is 25.9. The van der Waals surface area contributed by atoms with Crippen LogP contribution in [0.4, 0.5) is 0 Å². The zero-order valence-corrected chi connectivity index (χ0v) is 21.5. The quantitative estimate of drug-likeness (QED) is 0.145. The van der Waals surface area contributed by atoms with Gasteiger partial charge < -0.3 is 10.4 Å². The summed E-state index contributed by atoms with van der Waals surface area (Å²) in [4.78, 5) is 37.9. The zero-order chi connectivity index (χ0) is 25.5. The van der Waals surface area contributed by atoms with Crippen LogP contribution in [0.5, 0.6) is 0 Å². The minimum atomic E-state index is -0.861. The number of fused-ring (bicyclic) bond motifs is 2. The number of amides is 2. The molecule has 1 saturated heterocycles. The smallest absolute Gasteiger partial charge is 0.303 e. The van der Waals surface area contributed by atoms with E-state index in [1.54, 1.807) is 4.90 Å². The molecule has 4 rings (SSSR count). The van der Waals surface area contributed by atoms with Gasteiger partial charge in [0.05, 0.1) is 4.91 Å². The van der Waals surface area contributed by atoms with Crippen LogP contribution in [0, 0.1) is 0 Å². The van der Waals surface area contributed by atoms with E-state index in [0.717, 1.165) is 39.9 Å². The van der Waals surface area contributed by atoms with E-state index in [2.05, 4.69) is 35.6 Å². The van der Waals surface area contributed by atoms with Crippen molar-refractivity contribution in [1.82, 2.24) is 10.2 Å². The lowest BCUT2D eigenvalue weighted by atomic mass is 9.96. The number of hydrogen-bond donors (Lipinski definition) is 2. The van der Waals surface area contributed by atoms with Crippen LogP contribution in [0.3, 0.4) is 0 Å². The SMILES string of the molecule is O=C(O)CCCNC(=O)CCCCCN1C(=O)/C(=C/c2c3ccccc3cc3ccccc23)SC1=S. The number of carboxylic acid groups (broad SMARTS) is 1. The summed E-state index contributed by atoms with van der Waals surface area (Å²) in [7, 11) is 0. The van der Waals surface area contributed by atoms with Crippen LogP contribution in [0.2, 0.25) is 0 Å². The van der Waals surface area contributed by atoms with Crippen LogP contribution in [0.15, 0.2) is 59.5 Å². The maximum absolute atomic E-state index is 13.2. The third kappa shape index (κ3) is 6.30. The van der Waals surface area contributed by atoms with Crippen LogP contribution in [-0.4, -0.2) is 45.2 Å². The second kappa shape index (κ2) is 12.1. The highest BCUT2D eigenvalue weighted by molar-refractivity contribution is 8.26. The van der Waals surface area contributed by atoms with Crippen molar-refractivity contribution in [2.45, 2.75) is 38.5 Å². The number of thiocarbonyl (C=S) groups is 1. The van der Waals surface area contributed by atoms with E-state index < -0.39 is 5.97 Å². The van der Waals surface area contributed by atoms with Crippen molar-refractivity contribution in [2.24, 2.45) is 0 Å². The number of carbonyl (C=O) groups excluding carboxylic acids is 2. The first-order valence-corrected chi connectivity index (χ1v) is 13.3. The highest BCUT2D eigenvalue weighted by Gasteiger charge is 2.31. The Bertz CT molecular complexity index is 1300. The topological polar surface area (TPSA) is 86.7 Å². The number of benzene rings is 3. The summed E-state index contributed by atoms with van der Waals surface area (Å²) in [5, 5.41) is 15.8. The molecule has 0 aliphatic carbocycles. The fourth-order valence-corrected chi connectivity index (χ4v) is 5.61. The van der Waals surface area contributed by atoms with E-state index in [0.29, 0.717) is 41.6 Å². The molecule has 186 valence electrons. The lowest BCUT2D eigenvalue weighted by Gasteiger charge is -2.14. The minimum absolute atomic E-state index is 0.0508. The molecule has 0 atom stereocenters. The largest absolute Gasteiger partial charge is 0.481 e. The van der Waals surface area contributed by atoms with Gasteiger partial charge >= 0.3 is 5.97 Å². The molecule has 36 heavy (non-hydrogen) atoms. The van der Waals surface area contributed by atoms with E-state index in [9.17, 15) is 14.4 Å². The van der Waals surface area contributed by atoms with Crippen molar-refractivity contribution in [3.63, 3.8) is 0 Å². The molecule has 1 fully saturated rings. The molecule has 0 saturated carbocycles. The molecule has 6 nitrogen and oxygen atoms in total. The Balaban J connectivity index is 1.35. The molecular weight excluding hydrogens is 492 g/mol. The van der Waals surface area contributed by atoms with Crippen molar-refractivity contribution in [3.8, 4) is 0 Å². The van der Waals surface area contributed by atoms with Crippen molar-refractivity contribution in [1.29, 1.82) is 0 Å². The summed E-state index contributed by atoms with van der Waals surface area (Å²) < 4.78 is 0.562. The summed E-state index contributed by atoms with van der Waals surface area (Å²) in [6.07, 6.45) is 5.10. The average Bonchev–Trinajstić information content (AvgIpc) is 3.13. The fraction of sp³-hybridized carbons (Fsp3) is 0.286. The van der Waals surface area contributed by atoms with E-state index in [-0.39, 0.29) is 18.2 Å². The number of carboxylic acids is 1. The lowest BCUT2D eigenvalue weighted by Crippen LogP contribution is -2.29. The summed E-state index contributed by atoms with van der Waals surface area (Å²) in [6, 6.07) is 18.6. The van der Waals surface area contributed by atoms with Crippen LogP contribution in [-0.2, 0) is 14.4 Å². The third-order valence-electron chi connectivity index (χ3n) is 6.14. The van der Waals surface area contributed by atoms with Gasteiger partial charge in [-0.2, -0.15) is 0 Å². The Kier molecular flexibility index (Phi) is 8.72. The van der Waals surface area contributed by atoms with Gasteiger partial charge in [-0.1, -0.05) is 78.9 Å². The van der Waals surface area contributed by atoms with Gasteiger partial charge in [0.2, 0.25) is 5.91 Å². The Hall–Kier alpha value is -3.23. The Morgan fingerprint density at radius 2 is 1.61 bits per heavy atom. The van der Waals surface area contributed by atoms with Gasteiger partial charge in [0.15, 0.2) is 0 Å². The van der Waals surface area contributed by atoms with Crippen LogP contribution >= 0.6 is 24.0 Å². The predicted octanol–water partition coefficient (Wildman–Crippen LogP) is 5.74. The van der Waals surface area contributed by atoms with Gasteiger partial charge in [-0.25, -0.2) is 0 Å². The molecule has 1 aliphatic heterocycles. The summed E-state index contributed by atoms with van der Waals surface area (Å²) in [5.41, 5.74) is 1.03. The molecule has 0 spiro atoms. The van der Waals surface area contributed by atoms with Crippen LogP contribution < -0.4 is 5.32 Å². The van der Waals surface area contributed by atoms with Gasteiger partial charge in [-0.15, -0.1) is 0 Å². The van der Waals surface area contributed by atoms with E-state index in [4.69, 9.17) is 17.3 Å². The number of hydrogen-bond acceptors (Lipinski definition) is 5. The van der Waals surface area contributed by atoms with Gasteiger partial charge in [0.1, 0.15) is 4.32 Å². The maximum atomic E-state index is 13.2. The average molecular weight is 521 g/mol. The third-order valence-corrected chi connectivity index (χ3v) is 7.51.